The molecular weight excluding hydrogens is 437 g/mol. The van der Waals surface area contributed by atoms with Gasteiger partial charge in [-0.2, -0.15) is 5.10 Å². The first kappa shape index (κ1) is 21.1. The normalized spacial score (nSPS) is 11.0. The van der Waals surface area contributed by atoms with E-state index in [9.17, 15) is 9.18 Å². The van der Waals surface area contributed by atoms with Crippen molar-refractivity contribution in [3.63, 3.8) is 0 Å². The number of hydrogen-bond donors (Lipinski definition) is 4. The summed E-state index contributed by atoms with van der Waals surface area (Å²) in [6.45, 7) is 0.258. The summed E-state index contributed by atoms with van der Waals surface area (Å²) >= 11 is 0. The van der Waals surface area contributed by atoms with E-state index in [-0.39, 0.29) is 12.1 Å². The summed E-state index contributed by atoms with van der Waals surface area (Å²) in [5.41, 5.74) is 10.9. The number of aromatic amines is 2. The maximum Gasteiger partial charge on any atom is 0.255 e. The van der Waals surface area contributed by atoms with E-state index in [0.29, 0.717) is 22.6 Å². The molecule has 170 valence electrons. The van der Waals surface area contributed by atoms with Gasteiger partial charge in [-0.05, 0) is 23.8 Å². The minimum Gasteiger partial charge on any atom is -0.496 e. The van der Waals surface area contributed by atoms with E-state index in [4.69, 9.17) is 10.5 Å². The van der Waals surface area contributed by atoms with Crippen LogP contribution in [0.3, 0.4) is 0 Å². The second kappa shape index (κ2) is 8.66. The van der Waals surface area contributed by atoms with Gasteiger partial charge >= 0.3 is 0 Å². The molecule has 2 aromatic carbocycles. The highest BCUT2D eigenvalue weighted by Gasteiger charge is 2.17. The Morgan fingerprint density at radius 1 is 1.18 bits per heavy atom. The number of nitrogens with zero attached hydrogens (tertiary/aromatic N) is 3. The van der Waals surface area contributed by atoms with E-state index in [1.54, 1.807) is 18.7 Å². The molecule has 0 spiro atoms. The van der Waals surface area contributed by atoms with E-state index in [0.717, 1.165) is 34.0 Å². The highest BCUT2D eigenvalue weighted by Crippen LogP contribution is 2.34. The fourth-order valence-corrected chi connectivity index (χ4v) is 3.79. The number of fused-ring (bicyclic) bond motifs is 1. The minimum atomic E-state index is -0.508. The van der Waals surface area contributed by atoms with Gasteiger partial charge in [-0.3, -0.25) is 14.9 Å². The number of carbonyl (C=O) groups excluding carboxylic acids is 1. The molecule has 0 radical (unpaired) electrons. The van der Waals surface area contributed by atoms with Crippen molar-refractivity contribution in [2.24, 2.45) is 0 Å². The summed E-state index contributed by atoms with van der Waals surface area (Å²) in [4.78, 5) is 24.4. The third-order valence-electron chi connectivity index (χ3n) is 5.48. The molecule has 1 amide bonds. The lowest BCUT2D eigenvalue weighted by molar-refractivity contribution is 0.0947. The van der Waals surface area contributed by atoms with Crippen molar-refractivity contribution in [3.8, 4) is 28.3 Å². The number of benzene rings is 2. The molecule has 0 atom stereocenters. The SMILES string of the molecule is COc1ccc(F)cc1C(=O)NCc1ccc(-c2ncc(-c3c[nH]cn3)c3[nH]nc(N)c23)cc1. The van der Waals surface area contributed by atoms with Gasteiger partial charge in [0, 0.05) is 30.1 Å². The summed E-state index contributed by atoms with van der Waals surface area (Å²) in [7, 11) is 1.43. The monoisotopic (exact) mass is 457 g/mol. The number of ether oxygens (including phenoxy) is 1. The number of carbonyl (C=O) groups is 1. The van der Waals surface area contributed by atoms with E-state index >= 15 is 0 Å². The first-order valence-corrected chi connectivity index (χ1v) is 10.4. The summed E-state index contributed by atoms with van der Waals surface area (Å²) in [6.07, 6.45) is 5.10. The van der Waals surface area contributed by atoms with Gasteiger partial charge in [-0.25, -0.2) is 9.37 Å². The lowest BCUT2D eigenvalue weighted by atomic mass is 10.0. The lowest BCUT2D eigenvalue weighted by Crippen LogP contribution is -2.23. The van der Waals surface area contributed by atoms with Crippen LogP contribution in [-0.4, -0.2) is 38.2 Å². The average Bonchev–Trinajstić information content (AvgIpc) is 3.53. The van der Waals surface area contributed by atoms with Crippen LogP contribution in [0.1, 0.15) is 15.9 Å². The van der Waals surface area contributed by atoms with Crippen LogP contribution in [0, 0.1) is 5.82 Å². The predicted molar refractivity (Wildman–Crippen MR) is 125 cm³/mol. The molecule has 5 N–H and O–H groups in total. The Hall–Kier alpha value is -4.73. The Labute approximate surface area is 193 Å². The van der Waals surface area contributed by atoms with Crippen molar-refractivity contribution in [1.29, 1.82) is 0 Å². The zero-order chi connectivity index (χ0) is 23.7. The Morgan fingerprint density at radius 2 is 2.00 bits per heavy atom. The largest absolute Gasteiger partial charge is 0.496 e. The van der Waals surface area contributed by atoms with Gasteiger partial charge in [0.15, 0.2) is 5.82 Å². The van der Waals surface area contributed by atoms with E-state index in [1.807, 2.05) is 24.3 Å². The fourth-order valence-electron chi connectivity index (χ4n) is 3.79. The molecule has 9 nitrogen and oxygen atoms in total. The van der Waals surface area contributed by atoms with E-state index < -0.39 is 11.7 Å². The third kappa shape index (κ3) is 3.81. The first-order chi connectivity index (χ1) is 16.5. The number of nitrogens with one attached hydrogen (secondary N) is 3. The highest BCUT2D eigenvalue weighted by atomic mass is 19.1. The molecule has 0 saturated carbocycles. The van der Waals surface area contributed by atoms with Gasteiger partial charge in [0.05, 0.1) is 41.3 Å². The number of amides is 1. The lowest BCUT2D eigenvalue weighted by Gasteiger charge is -2.10. The van der Waals surface area contributed by atoms with Gasteiger partial charge in [0.25, 0.3) is 5.91 Å². The molecule has 3 heterocycles. The van der Waals surface area contributed by atoms with E-state index in [2.05, 4.69) is 30.5 Å². The number of H-pyrrole nitrogens is 2. The van der Waals surface area contributed by atoms with Crippen LogP contribution in [0.5, 0.6) is 5.75 Å². The number of imidazole rings is 1. The molecule has 0 bridgehead atoms. The quantitative estimate of drug-likeness (QED) is 0.307. The molecule has 0 aliphatic rings. The number of methoxy groups -OCH3 is 1. The Morgan fingerprint density at radius 3 is 2.74 bits per heavy atom. The second-order valence-corrected chi connectivity index (χ2v) is 7.56. The summed E-state index contributed by atoms with van der Waals surface area (Å²) in [5.74, 6) is -0.287. The molecule has 3 aromatic heterocycles. The molecule has 0 saturated heterocycles. The number of pyridine rings is 1. The fraction of sp³-hybridized carbons (Fsp3) is 0.0833. The van der Waals surface area contributed by atoms with Crippen LogP contribution < -0.4 is 15.8 Å². The number of anilines is 1. The molecule has 5 aromatic rings. The van der Waals surface area contributed by atoms with Gasteiger partial charge in [-0.1, -0.05) is 24.3 Å². The van der Waals surface area contributed by atoms with Crippen LogP contribution in [0.15, 0.2) is 61.2 Å². The zero-order valence-electron chi connectivity index (χ0n) is 18.1. The number of nitrogen functional groups attached to an aromatic ring is 1. The molecule has 34 heavy (non-hydrogen) atoms. The molecule has 10 heteroatoms. The number of rotatable bonds is 6. The van der Waals surface area contributed by atoms with Gasteiger partial charge in [0.2, 0.25) is 0 Å². The Kier molecular flexibility index (Phi) is 5.38. The van der Waals surface area contributed by atoms with Crippen molar-refractivity contribution in [3.05, 3.63) is 78.1 Å². The van der Waals surface area contributed by atoms with Crippen LogP contribution in [0.2, 0.25) is 0 Å². The highest BCUT2D eigenvalue weighted by molar-refractivity contribution is 6.05. The summed E-state index contributed by atoms with van der Waals surface area (Å²) in [5, 5.41) is 10.6. The molecular formula is C24H20FN7O2. The Bertz CT molecular complexity index is 1480. The van der Waals surface area contributed by atoms with E-state index in [1.165, 1.54) is 19.2 Å². The molecule has 0 aliphatic carbocycles. The smallest absolute Gasteiger partial charge is 0.255 e. The van der Waals surface area contributed by atoms with Gasteiger partial charge in [0.1, 0.15) is 11.6 Å². The maximum absolute atomic E-state index is 13.6. The minimum absolute atomic E-state index is 0.137. The second-order valence-electron chi connectivity index (χ2n) is 7.56. The molecule has 0 fully saturated rings. The predicted octanol–water partition coefficient (Wildman–Crippen LogP) is 3.67. The Balaban J connectivity index is 1.38. The first-order valence-electron chi connectivity index (χ1n) is 10.4. The number of nitrogens with two attached hydrogens (primary N) is 1. The van der Waals surface area contributed by atoms with Crippen molar-refractivity contribution in [2.75, 3.05) is 12.8 Å². The van der Waals surface area contributed by atoms with Crippen LogP contribution >= 0.6 is 0 Å². The maximum atomic E-state index is 13.6. The zero-order valence-corrected chi connectivity index (χ0v) is 18.1. The number of hydrogen-bond acceptors (Lipinski definition) is 6. The number of halogens is 1. The molecule has 0 unspecified atom stereocenters. The topological polar surface area (TPSA) is 135 Å². The van der Waals surface area contributed by atoms with Crippen LogP contribution in [0.25, 0.3) is 33.4 Å². The van der Waals surface area contributed by atoms with Crippen molar-refractivity contribution >= 4 is 22.6 Å². The van der Waals surface area contributed by atoms with Gasteiger partial charge < -0.3 is 20.8 Å². The van der Waals surface area contributed by atoms with Crippen LogP contribution in [-0.2, 0) is 6.54 Å². The molecule has 5 rings (SSSR count). The van der Waals surface area contributed by atoms with Crippen molar-refractivity contribution in [2.45, 2.75) is 6.54 Å². The standard InChI is InChI=1S/C24H20FN7O2/c1-34-19-7-6-15(25)8-16(19)24(33)29-9-13-2-4-14(5-3-13)21-20-22(31-32-23(20)26)17(10-28-21)18-11-27-12-30-18/h2-8,10-12H,9H2,1H3,(H,27,30)(H,29,33)(H3,26,31,32). The number of aromatic nitrogens is 5. The van der Waals surface area contributed by atoms with Crippen LogP contribution in [0.4, 0.5) is 10.2 Å². The van der Waals surface area contributed by atoms with Crippen molar-refractivity contribution in [1.82, 2.24) is 30.5 Å². The van der Waals surface area contributed by atoms with Crippen molar-refractivity contribution < 1.29 is 13.9 Å². The summed E-state index contributed by atoms with van der Waals surface area (Å²) < 4.78 is 18.7. The third-order valence-corrected chi connectivity index (χ3v) is 5.48. The summed E-state index contributed by atoms with van der Waals surface area (Å²) in [6, 6.07) is 11.4. The molecule has 0 aliphatic heterocycles. The van der Waals surface area contributed by atoms with Gasteiger partial charge in [-0.15, -0.1) is 0 Å². The average molecular weight is 457 g/mol.